The Morgan fingerprint density at radius 3 is 1.17 bits per heavy atom. The molecular formula is C14H24O4. The number of allylic oxidation sites excluding steroid dienone is 2. The van der Waals surface area contributed by atoms with Crippen molar-refractivity contribution in [2.24, 2.45) is 0 Å². The molecule has 0 atom stereocenters. The van der Waals surface area contributed by atoms with Crippen LogP contribution in [-0.2, 0) is 18.9 Å². The third kappa shape index (κ3) is 24.0. The van der Waals surface area contributed by atoms with Crippen LogP contribution in [0.25, 0.3) is 0 Å². The number of rotatable bonds is 12. The molecular weight excluding hydrogens is 232 g/mol. The van der Waals surface area contributed by atoms with Gasteiger partial charge in [0.1, 0.15) is 13.2 Å². The summed E-state index contributed by atoms with van der Waals surface area (Å²) in [5.41, 5.74) is 0. The number of ether oxygens (including phenoxy) is 4. The van der Waals surface area contributed by atoms with Crippen LogP contribution >= 0.6 is 0 Å². The van der Waals surface area contributed by atoms with E-state index in [1.165, 1.54) is 12.5 Å². The molecule has 0 N–H and O–H groups in total. The van der Waals surface area contributed by atoms with Gasteiger partial charge in [0.2, 0.25) is 0 Å². The lowest BCUT2D eigenvalue weighted by Crippen LogP contribution is -2.10. The summed E-state index contributed by atoms with van der Waals surface area (Å²) in [4.78, 5) is 0. The molecule has 0 aromatic carbocycles. The first-order valence-electron chi connectivity index (χ1n) is 5.67. The molecule has 0 fully saturated rings. The topological polar surface area (TPSA) is 36.9 Å². The molecule has 0 aromatic rings. The van der Waals surface area contributed by atoms with Crippen LogP contribution in [0.1, 0.15) is 0 Å². The van der Waals surface area contributed by atoms with Gasteiger partial charge in [-0.3, -0.25) is 0 Å². The van der Waals surface area contributed by atoms with Gasteiger partial charge in [-0.05, 0) is 0 Å². The van der Waals surface area contributed by atoms with E-state index in [1.807, 2.05) is 0 Å². The minimum absolute atomic E-state index is 0.531. The molecule has 0 saturated heterocycles. The molecule has 0 heterocycles. The Morgan fingerprint density at radius 2 is 0.889 bits per heavy atom. The predicted octanol–water partition coefficient (Wildman–Crippen LogP) is 2.70. The van der Waals surface area contributed by atoms with Crippen molar-refractivity contribution in [2.45, 2.75) is 0 Å². The highest BCUT2D eigenvalue weighted by molar-refractivity contribution is 4.88. The van der Waals surface area contributed by atoms with Crippen LogP contribution in [0.4, 0.5) is 0 Å². The van der Waals surface area contributed by atoms with Gasteiger partial charge in [-0.25, -0.2) is 0 Å². The van der Waals surface area contributed by atoms with Crippen molar-refractivity contribution in [3.8, 4) is 0 Å². The van der Waals surface area contributed by atoms with Gasteiger partial charge in [-0.2, -0.15) is 0 Å². The van der Waals surface area contributed by atoms with Gasteiger partial charge in [-0.15, -0.1) is 0 Å². The van der Waals surface area contributed by atoms with Crippen molar-refractivity contribution in [2.75, 3.05) is 39.6 Å². The Morgan fingerprint density at radius 1 is 0.556 bits per heavy atom. The van der Waals surface area contributed by atoms with Gasteiger partial charge in [0, 0.05) is 0 Å². The summed E-state index contributed by atoms with van der Waals surface area (Å²) < 4.78 is 20.1. The summed E-state index contributed by atoms with van der Waals surface area (Å²) in [5.74, 6) is 0. The quantitative estimate of drug-likeness (QED) is 0.306. The smallest absolute Gasteiger partial charge is 0.111 e. The first-order chi connectivity index (χ1) is 8.83. The normalized spacial score (nSPS) is 8.44. The van der Waals surface area contributed by atoms with Crippen molar-refractivity contribution in [3.63, 3.8) is 0 Å². The lowest BCUT2D eigenvalue weighted by Gasteiger charge is -2.05. The summed E-state index contributed by atoms with van der Waals surface area (Å²) in [6.07, 6.45) is 6.07. The van der Waals surface area contributed by atoms with Crippen molar-refractivity contribution in [1.29, 1.82) is 0 Å². The average Bonchev–Trinajstić information content (AvgIpc) is 2.41. The average molecular weight is 256 g/mol. The summed E-state index contributed by atoms with van der Waals surface area (Å²) in [6.45, 7) is 16.8. The van der Waals surface area contributed by atoms with Crippen LogP contribution in [0.5, 0.6) is 0 Å². The highest BCUT2D eigenvalue weighted by atomic mass is 16.5. The van der Waals surface area contributed by atoms with Crippen LogP contribution in [0.2, 0.25) is 0 Å². The highest BCUT2D eigenvalue weighted by Gasteiger charge is 1.89. The standard InChI is InChI=1S/C10H18O4.C4H6/c1-3-11-5-7-13-9-10-14-8-6-12-4-2;1-3-4-2/h3-4H,1-2,5-10H2;3-4H,1-2H2. The Labute approximate surface area is 110 Å². The van der Waals surface area contributed by atoms with Crippen LogP contribution < -0.4 is 0 Å². The third-order valence-electron chi connectivity index (χ3n) is 1.47. The number of hydrogen-bond acceptors (Lipinski definition) is 4. The van der Waals surface area contributed by atoms with Crippen molar-refractivity contribution >= 4 is 0 Å². The molecule has 0 spiro atoms. The summed E-state index contributed by atoms with van der Waals surface area (Å²) in [7, 11) is 0. The molecule has 18 heavy (non-hydrogen) atoms. The van der Waals surface area contributed by atoms with E-state index in [9.17, 15) is 0 Å². The monoisotopic (exact) mass is 256 g/mol. The van der Waals surface area contributed by atoms with Gasteiger partial charge >= 0.3 is 0 Å². The molecule has 0 radical (unpaired) electrons. The maximum Gasteiger partial charge on any atom is 0.111 e. The lowest BCUT2D eigenvalue weighted by molar-refractivity contribution is 0.0186. The molecule has 4 heteroatoms. The molecule has 0 unspecified atom stereocenters. The maximum absolute atomic E-state index is 5.18. The molecule has 0 aliphatic rings. The van der Waals surface area contributed by atoms with E-state index in [0.29, 0.717) is 39.6 Å². The van der Waals surface area contributed by atoms with E-state index in [1.54, 1.807) is 12.2 Å². The van der Waals surface area contributed by atoms with Crippen LogP contribution in [-0.4, -0.2) is 39.6 Å². The van der Waals surface area contributed by atoms with E-state index in [-0.39, 0.29) is 0 Å². The maximum atomic E-state index is 5.18. The van der Waals surface area contributed by atoms with E-state index < -0.39 is 0 Å². The molecule has 4 nitrogen and oxygen atoms in total. The van der Waals surface area contributed by atoms with Gasteiger partial charge < -0.3 is 18.9 Å². The molecule has 0 aliphatic carbocycles. The first kappa shape index (κ1) is 18.8. The molecule has 0 saturated carbocycles. The second-order valence-electron chi connectivity index (χ2n) is 2.77. The highest BCUT2D eigenvalue weighted by Crippen LogP contribution is 1.82. The zero-order valence-corrected chi connectivity index (χ0v) is 11.0. The van der Waals surface area contributed by atoms with Crippen LogP contribution in [0.15, 0.2) is 51.0 Å². The SMILES string of the molecule is C=CC=C.C=COCCOCCOCCOC=C. The minimum Gasteiger partial charge on any atom is -0.499 e. The van der Waals surface area contributed by atoms with Crippen molar-refractivity contribution in [3.05, 3.63) is 51.0 Å². The second kappa shape index (κ2) is 20.8. The second-order valence-corrected chi connectivity index (χ2v) is 2.77. The van der Waals surface area contributed by atoms with E-state index in [0.717, 1.165) is 0 Å². The Bertz CT molecular complexity index is 180. The zero-order valence-electron chi connectivity index (χ0n) is 11.0. The Balaban J connectivity index is 0. The van der Waals surface area contributed by atoms with Crippen molar-refractivity contribution < 1.29 is 18.9 Å². The molecule has 0 bridgehead atoms. The molecule has 0 aliphatic heterocycles. The van der Waals surface area contributed by atoms with Gasteiger partial charge in [0.15, 0.2) is 0 Å². The Kier molecular flexibility index (Phi) is 21.8. The third-order valence-corrected chi connectivity index (χ3v) is 1.47. The lowest BCUT2D eigenvalue weighted by atomic mass is 10.6. The van der Waals surface area contributed by atoms with E-state index >= 15 is 0 Å². The number of hydrogen-bond donors (Lipinski definition) is 0. The van der Waals surface area contributed by atoms with Crippen LogP contribution in [0, 0.1) is 0 Å². The largest absolute Gasteiger partial charge is 0.499 e. The van der Waals surface area contributed by atoms with Crippen molar-refractivity contribution in [1.82, 2.24) is 0 Å². The van der Waals surface area contributed by atoms with Gasteiger partial charge in [0.05, 0.1) is 39.0 Å². The molecule has 0 aromatic heterocycles. The van der Waals surface area contributed by atoms with Gasteiger partial charge in [-0.1, -0.05) is 38.5 Å². The summed E-state index contributed by atoms with van der Waals surface area (Å²) in [6, 6.07) is 0. The van der Waals surface area contributed by atoms with Crippen LogP contribution in [0.3, 0.4) is 0 Å². The fourth-order valence-corrected chi connectivity index (χ4v) is 0.703. The van der Waals surface area contributed by atoms with E-state index in [2.05, 4.69) is 26.3 Å². The first-order valence-corrected chi connectivity index (χ1v) is 5.67. The fourth-order valence-electron chi connectivity index (χ4n) is 0.703. The minimum atomic E-state index is 0.531. The molecule has 104 valence electrons. The fraction of sp³-hybridized carbons (Fsp3) is 0.429. The predicted molar refractivity (Wildman–Crippen MR) is 74.3 cm³/mol. The van der Waals surface area contributed by atoms with E-state index in [4.69, 9.17) is 18.9 Å². The molecule has 0 rings (SSSR count). The summed E-state index contributed by atoms with van der Waals surface area (Å²) in [5, 5.41) is 0. The van der Waals surface area contributed by atoms with Gasteiger partial charge in [0.25, 0.3) is 0 Å². The molecule has 0 amide bonds. The summed E-state index contributed by atoms with van der Waals surface area (Å²) >= 11 is 0. The Hall–Kier alpha value is -1.52. The zero-order chi connectivity index (χ0) is 13.9.